The van der Waals surface area contributed by atoms with Gasteiger partial charge in [-0.1, -0.05) is 47.6 Å². The summed E-state index contributed by atoms with van der Waals surface area (Å²) in [7, 11) is 0. The highest BCUT2D eigenvalue weighted by atomic mass is 16.5. The molecule has 0 unspecified atom stereocenters. The molecule has 3 aromatic carbocycles. The Bertz CT molecular complexity index is 1300. The van der Waals surface area contributed by atoms with E-state index in [4.69, 9.17) is 14.9 Å². The summed E-state index contributed by atoms with van der Waals surface area (Å²) in [6.45, 7) is 3.04. The average Bonchev–Trinajstić information content (AvgIpc) is 3.33. The molecule has 7 heteroatoms. The van der Waals surface area contributed by atoms with Crippen molar-refractivity contribution in [1.82, 2.24) is 15.5 Å². The van der Waals surface area contributed by atoms with Crippen LogP contribution in [-0.4, -0.2) is 27.8 Å². The van der Waals surface area contributed by atoms with Crippen LogP contribution in [0.4, 0.5) is 0 Å². The minimum absolute atomic E-state index is 0.0949. The lowest BCUT2D eigenvalue weighted by Crippen LogP contribution is -2.17. The van der Waals surface area contributed by atoms with Gasteiger partial charge in [-0.2, -0.15) is 10.2 Å². The van der Waals surface area contributed by atoms with E-state index in [1.54, 1.807) is 0 Å². The highest BCUT2D eigenvalue weighted by Gasteiger charge is 2.12. The van der Waals surface area contributed by atoms with Crippen LogP contribution in [0.25, 0.3) is 34.0 Å². The van der Waals surface area contributed by atoms with Crippen LogP contribution in [0.15, 0.2) is 71.3 Å². The van der Waals surface area contributed by atoms with Crippen LogP contribution >= 0.6 is 0 Å². The lowest BCUT2D eigenvalue weighted by Gasteiger charge is -2.07. The lowest BCUT2D eigenvalue weighted by molar-refractivity contribution is -0.136. The first-order valence-corrected chi connectivity index (χ1v) is 10.5. The second-order valence-corrected chi connectivity index (χ2v) is 7.66. The van der Waals surface area contributed by atoms with Crippen molar-refractivity contribution in [3.05, 3.63) is 83.4 Å². The number of carboxylic acids is 1. The van der Waals surface area contributed by atoms with Gasteiger partial charge in [0.05, 0.1) is 18.1 Å². The van der Waals surface area contributed by atoms with Crippen molar-refractivity contribution in [1.29, 1.82) is 5.26 Å². The largest absolute Gasteiger partial charge is 0.481 e. The third-order valence-corrected chi connectivity index (χ3v) is 5.28. The Morgan fingerprint density at radius 1 is 1.03 bits per heavy atom. The van der Waals surface area contributed by atoms with E-state index in [9.17, 15) is 4.79 Å². The van der Waals surface area contributed by atoms with Crippen LogP contribution in [0.1, 0.15) is 23.1 Å². The third-order valence-electron chi connectivity index (χ3n) is 5.28. The van der Waals surface area contributed by atoms with Gasteiger partial charge in [-0.15, -0.1) is 0 Å². The van der Waals surface area contributed by atoms with Crippen molar-refractivity contribution in [2.45, 2.75) is 19.9 Å². The van der Waals surface area contributed by atoms with Gasteiger partial charge in [-0.25, -0.2) is 0 Å². The van der Waals surface area contributed by atoms with Crippen LogP contribution in [0.3, 0.4) is 0 Å². The monoisotopic (exact) mass is 438 g/mol. The number of aliphatic carboxylic acids is 1. The van der Waals surface area contributed by atoms with Gasteiger partial charge in [0, 0.05) is 24.2 Å². The molecule has 0 amide bonds. The Labute approximate surface area is 191 Å². The van der Waals surface area contributed by atoms with Gasteiger partial charge in [0.2, 0.25) is 5.82 Å². The minimum atomic E-state index is -0.815. The maximum Gasteiger partial charge on any atom is 0.304 e. The van der Waals surface area contributed by atoms with E-state index in [1.165, 1.54) is 0 Å². The smallest absolute Gasteiger partial charge is 0.304 e. The molecule has 0 aliphatic carbocycles. The van der Waals surface area contributed by atoms with E-state index in [0.29, 0.717) is 30.4 Å². The topological polar surface area (TPSA) is 112 Å². The number of nitrogens with zero attached hydrogens (tertiary/aromatic N) is 3. The highest BCUT2D eigenvalue weighted by Crippen LogP contribution is 2.29. The summed E-state index contributed by atoms with van der Waals surface area (Å²) in [5, 5.41) is 24.9. The number of aromatic nitrogens is 2. The molecule has 0 radical (unpaired) electrons. The Balaban J connectivity index is 1.46. The fraction of sp³-hybridized carbons (Fsp3) is 0.154. The summed E-state index contributed by atoms with van der Waals surface area (Å²) in [4.78, 5) is 15.1. The Kier molecular flexibility index (Phi) is 6.58. The first-order valence-electron chi connectivity index (χ1n) is 10.5. The van der Waals surface area contributed by atoms with Crippen molar-refractivity contribution in [3.8, 4) is 40.0 Å². The molecule has 0 saturated heterocycles. The quantitative estimate of drug-likeness (QED) is 0.379. The molecule has 33 heavy (non-hydrogen) atoms. The first kappa shape index (κ1) is 21.9. The number of carbonyl (C=O) groups is 1. The second kappa shape index (κ2) is 9.90. The molecule has 4 rings (SSSR count). The van der Waals surface area contributed by atoms with Crippen LogP contribution in [0, 0.1) is 18.3 Å². The first-order chi connectivity index (χ1) is 16.0. The summed E-state index contributed by atoms with van der Waals surface area (Å²) in [5.41, 5.74) is 6.54. The number of nitrogens with one attached hydrogen (secondary N) is 1. The molecule has 1 heterocycles. The second-order valence-electron chi connectivity index (χ2n) is 7.66. The molecule has 1 aromatic heterocycles. The van der Waals surface area contributed by atoms with Crippen molar-refractivity contribution >= 4 is 5.97 Å². The zero-order valence-electron chi connectivity index (χ0n) is 18.1. The molecule has 0 saturated carbocycles. The van der Waals surface area contributed by atoms with Gasteiger partial charge >= 0.3 is 5.97 Å². The molecule has 4 aromatic rings. The van der Waals surface area contributed by atoms with Gasteiger partial charge in [0.1, 0.15) is 0 Å². The molecular formula is C26H22N4O3. The van der Waals surface area contributed by atoms with Crippen molar-refractivity contribution in [2.24, 2.45) is 0 Å². The summed E-state index contributed by atoms with van der Waals surface area (Å²) in [5.74, 6) is 0.132. The van der Waals surface area contributed by atoms with Gasteiger partial charge < -0.3 is 14.9 Å². The number of aryl methyl sites for hydroxylation is 1. The number of carboxylic acid groups (broad SMARTS) is 1. The Morgan fingerprint density at radius 2 is 1.73 bits per heavy atom. The van der Waals surface area contributed by atoms with E-state index >= 15 is 0 Å². The molecule has 2 N–H and O–H groups in total. The van der Waals surface area contributed by atoms with Gasteiger partial charge in [0.25, 0.3) is 5.89 Å². The maximum absolute atomic E-state index is 10.6. The fourth-order valence-electron chi connectivity index (χ4n) is 3.50. The molecule has 0 atom stereocenters. The molecule has 164 valence electrons. The average molecular weight is 438 g/mol. The number of hydrogen-bond acceptors (Lipinski definition) is 6. The normalized spacial score (nSPS) is 10.7. The predicted octanol–water partition coefficient (Wildman–Crippen LogP) is 4.82. The number of nitriles is 1. The highest BCUT2D eigenvalue weighted by molar-refractivity contribution is 5.72. The third kappa shape index (κ3) is 5.32. The zero-order valence-corrected chi connectivity index (χ0v) is 18.1. The molecule has 0 aliphatic rings. The SMILES string of the molecule is Cc1cc(-c2nc(-c3ccc(CNCCC(=O)O)cc3)no2)ccc1-c1ccc(C#N)cc1. The van der Waals surface area contributed by atoms with E-state index in [2.05, 4.69) is 21.5 Å². The molecule has 0 spiro atoms. The predicted molar refractivity (Wildman–Crippen MR) is 124 cm³/mol. The van der Waals surface area contributed by atoms with Crippen molar-refractivity contribution in [2.75, 3.05) is 6.54 Å². The van der Waals surface area contributed by atoms with Crippen molar-refractivity contribution < 1.29 is 14.4 Å². The standard InChI is InChI=1S/C26H22N4O3/c1-17-14-22(10-11-23(17)20-6-2-18(15-27)3-7-20)26-29-25(30-33-26)21-8-4-19(5-9-21)16-28-13-12-24(31)32/h2-11,14,28H,12-13,16H2,1H3,(H,31,32). The van der Waals surface area contributed by atoms with Crippen LogP contribution in [0.5, 0.6) is 0 Å². The van der Waals surface area contributed by atoms with Gasteiger partial charge in [0.15, 0.2) is 0 Å². The fourth-order valence-corrected chi connectivity index (χ4v) is 3.50. The van der Waals surface area contributed by atoms with Crippen LogP contribution in [-0.2, 0) is 11.3 Å². The summed E-state index contributed by atoms with van der Waals surface area (Å²) in [6.07, 6.45) is 0.0949. The number of rotatable bonds is 8. The van der Waals surface area contributed by atoms with E-state index in [1.807, 2.05) is 73.7 Å². The van der Waals surface area contributed by atoms with Crippen LogP contribution in [0.2, 0.25) is 0 Å². The molecule has 0 bridgehead atoms. The molecule has 7 nitrogen and oxygen atoms in total. The number of hydrogen-bond donors (Lipinski definition) is 2. The zero-order chi connectivity index (χ0) is 23.2. The lowest BCUT2D eigenvalue weighted by atomic mass is 9.97. The van der Waals surface area contributed by atoms with Crippen LogP contribution < -0.4 is 5.32 Å². The van der Waals surface area contributed by atoms with Crippen molar-refractivity contribution in [3.63, 3.8) is 0 Å². The minimum Gasteiger partial charge on any atom is -0.481 e. The Hall–Kier alpha value is -4.28. The van der Waals surface area contributed by atoms with E-state index in [0.717, 1.165) is 33.4 Å². The van der Waals surface area contributed by atoms with Gasteiger partial charge in [-0.05, 0) is 53.4 Å². The molecular weight excluding hydrogens is 416 g/mol. The van der Waals surface area contributed by atoms with E-state index in [-0.39, 0.29) is 6.42 Å². The molecule has 0 aliphatic heterocycles. The Morgan fingerprint density at radius 3 is 2.39 bits per heavy atom. The van der Waals surface area contributed by atoms with Gasteiger partial charge in [-0.3, -0.25) is 4.79 Å². The molecule has 0 fully saturated rings. The summed E-state index contributed by atoms with van der Waals surface area (Å²) >= 11 is 0. The summed E-state index contributed by atoms with van der Waals surface area (Å²) < 4.78 is 5.50. The van der Waals surface area contributed by atoms with E-state index < -0.39 is 5.97 Å². The number of benzene rings is 3. The maximum atomic E-state index is 10.6. The summed E-state index contributed by atoms with van der Waals surface area (Å²) in [6, 6.07) is 23.4.